The normalized spacial score (nSPS) is 13.2. The third-order valence-corrected chi connectivity index (χ3v) is 7.18. The molecule has 0 saturated heterocycles. The summed E-state index contributed by atoms with van der Waals surface area (Å²) in [5, 5.41) is 19.7. The van der Waals surface area contributed by atoms with E-state index in [9.17, 15) is 24.3 Å². The monoisotopic (exact) mass is 593 g/mol. The molecule has 1 heterocycles. The number of carboxylic acids is 1. The molecule has 0 spiro atoms. The van der Waals surface area contributed by atoms with Crippen molar-refractivity contribution in [3.8, 4) is 0 Å². The highest BCUT2D eigenvalue weighted by molar-refractivity contribution is 6.08. The van der Waals surface area contributed by atoms with Crippen molar-refractivity contribution in [1.82, 2.24) is 20.9 Å². The van der Waals surface area contributed by atoms with E-state index in [0.29, 0.717) is 12.8 Å². The number of H-pyrrole nitrogens is 1. The standard InChI is InChI=1S/C31H43N7O5/c1-4-9-19-15-20(27-22(16-19)21-11-6-7-12-23(21)36-27)17-26(35-18(3)39)29(41)37-24(13-8-14-34-31(32)33)28(40)38-25(10-5-2)30(42)43/h6-7,11-12,15-16,24-26,36H,4-5,8-10,13-14,17H2,1-3H3,(H,35,39)(H,37,41)(H,38,40)(H,42,43)(H4,32,33,34). The Morgan fingerprint density at radius 2 is 1.60 bits per heavy atom. The fraction of sp³-hybridized carbons (Fsp3) is 0.452. The molecular formula is C31H43N7O5. The number of carbonyl (C=O) groups is 4. The molecule has 3 amide bonds. The minimum atomic E-state index is -1.16. The Balaban J connectivity index is 1.92. The number of amides is 3. The van der Waals surface area contributed by atoms with E-state index in [1.54, 1.807) is 0 Å². The molecule has 232 valence electrons. The van der Waals surface area contributed by atoms with Crippen molar-refractivity contribution in [3.05, 3.63) is 47.5 Å². The van der Waals surface area contributed by atoms with Crippen LogP contribution in [0.15, 0.2) is 41.4 Å². The van der Waals surface area contributed by atoms with Crippen LogP contribution in [0.4, 0.5) is 0 Å². The second kappa shape index (κ2) is 15.6. The summed E-state index contributed by atoms with van der Waals surface area (Å²) in [5.74, 6) is -2.86. The molecule has 12 heteroatoms. The number of aromatic nitrogens is 1. The zero-order chi connectivity index (χ0) is 31.5. The Labute approximate surface area is 251 Å². The van der Waals surface area contributed by atoms with Crippen LogP contribution < -0.4 is 27.4 Å². The first-order valence-electron chi connectivity index (χ1n) is 14.7. The number of hydrogen-bond donors (Lipinski definition) is 7. The van der Waals surface area contributed by atoms with E-state index in [1.165, 1.54) is 6.92 Å². The molecule has 2 aromatic carbocycles. The topological polar surface area (TPSA) is 205 Å². The molecule has 3 rings (SSSR count). The molecule has 1 aromatic heterocycles. The number of guanidine groups is 1. The van der Waals surface area contributed by atoms with Gasteiger partial charge in [0.15, 0.2) is 5.96 Å². The highest BCUT2D eigenvalue weighted by Crippen LogP contribution is 2.30. The predicted molar refractivity (Wildman–Crippen MR) is 167 cm³/mol. The minimum Gasteiger partial charge on any atom is -0.480 e. The Kier molecular flexibility index (Phi) is 11.9. The van der Waals surface area contributed by atoms with Gasteiger partial charge in [-0.1, -0.05) is 51.0 Å². The quantitative estimate of drug-likeness (QED) is 0.0748. The summed E-state index contributed by atoms with van der Waals surface area (Å²) in [5.41, 5.74) is 14.6. The van der Waals surface area contributed by atoms with E-state index in [2.05, 4.69) is 38.9 Å². The maximum absolute atomic E-state index is 13.7. The number of fused-ring (bicyclic) bond motifs is 3. The number of aliphatic imine (C=N–C) groups is 1. The van der Waals surface area contributed by atoms with E-state index < -0.39 is 41.8 Å². The van der Waals surface area contributed by atoms with Gasteiger partial charge in [-0.15, -0.1) is 0 Å². The lowest BCUT2D eigenvalue weighted by molar-refractivity contribution is -0.142. The highest BCUT2D eigenvalue weighted by Gasteiger charge is 2.29. The Bertz CT molecular complexity index is 1480. The Morgan fingerprint density at radius 3 is 2.26 bits per heavy atom. The van der Waals surface area contributed by atoms with E-state index in [1.807, 2.05) is 37.3 Å². The number of aliphatic carboxylic acids is 1. The molecule has 43 heavy (non-hydrogen) atoms. The number of carboxylic acid groups (broad SMARTS) is 1. The van der Waals surface area contributed by atoms with Crippen LogP contribution in [0.1, 0.15) is 64.0 Å². The number of carbonyl (C=O) groups excluding carboxylic acids is 3. The molecule has 0 aliphatic heterocycles. The van der Waals surface area contributed by atoms with Gasteiger partial charge in [0.2, 0.25) is 17.7 Å². The van der Waals surface area contributed by atoms with E-state index in [4.69, 9.17) is 11.5 Å². The maximum Gasteiger partial charge on any atom is 0.326 e. The van der Waals surface area contributed by atoms with E-state index >= 15 is 0 Å². The largest absolute Gasteiger partial charge is 0.480 e. The Morgan fingerprint density at radius 1 is 0.907 bits per heavy atom. The average Bonchev–Trinajstić information content (AvgIpc) is 3.32. The van der Waals surface area contributed by atoms with Gasteiger partial charge in [-0.05, 0) is 48.9 Å². The minimum absolute atomic E-state index is 0.0989. The van der Waals surface area contributed by atoms with Gasteiger partial charge in [0.05, 0.1) is 0 Å². The summed E-state index contributed by atoms with van der Waals surface area (Å²) < 4.78 is 0. The van der Waals surface area contributed by atoms with Crippen molar-refractivity contribution in [2.75, 3.05) is 6.54 Å². The molecule has 0 radical (unpaired) electrons. The Hall–Kier alpha value is -4.61. The second-order valence-electron chi connectivity index (χ2n) is 10.8. The third kappa shape index (κ3) is 9.19. The van der Waals surface area contributed by atoms with Crippen molar-refractivity contribution in [2.45, 2.75) is 83.8 Å². The number of hydrogen-bond acceptors (Lipinski definition) is 5. The first-order valence-corrected chi connectivity index (χ1v) is 14.7. The van der Waals surface area contributed by atoms with Crippen molar-refractivity contribution in [3.63, 3.8) is 0 Å². The van der Waals surface area contributed by atoms with Gasteiger partial charge in [0.25, 0.3) is 0 Å². The van der Waals surface area contributed by atoms with Gasteiger partial charge in [0.1, 0.15) is 18.1 Å². The molecule has 0 saturated carbocycles. The SMILES string of the molecule is CCCc1cc(CC(NC(C)=O)C(=O)NC(CCCN=C(N)N)C(=O)NC(CCC)C(=O)O)c2[nH]c3ccccc3c2c1. The number of rotatable bonds is 16. The molecule has 0 aliphatic rings. The van der Waals surface area contributed by atoms with Gasteiger partial charge in [-0.2, -0.15) is 0 Å². The third-order valence-electron chi connectivity index (χ3n) is 7.18. The molecule has 0 bridgehead atoms. The van der Waals surface area contributed by atoms with Crippen molar-refractivity contribution < 1.29 is 24.3 Å². The van der Waals surface area contributed by atoms with Crippen LogP contribution in [-0.4, -0.2) is 64.4 Å². The smallest absolute Gasteiger partial charge is 0.326 e. The first kappa shape index (κ1) is 32.9. The molecule has 12 nitrogen and oxygen atoms in total. The molecular weight excluding hydrogens is 550 g/mol. The van der Waals surface area contributed by atoms with Crippen molar-refractivity contribution >= 4 is 51.5 Å². The number of nitrogens with one attached hydrogen (secondary N) is 4. The zero-order valence-electron chi connectivity index (χ0n) is 25.0. The van der Waals surface area contributed by atoms with Gasteiger partial charge in [-0.3, -0.25) is 19.4 Å². The molecule has 9 N–H and O–H groups in total. The van der Waals surface area contributed by atoms with Crippen LogP contribution in [0.25, 0.3) is 21.8 Å². The number of para-hydroxylation sites is 1. The van der Waals surface area contributed by atoms with Gasteiger partial charge in [-0.25, -0.2) is 4.79 Å². The van der Waals surface area contributed by atoms with Gasteiger partial charge in [0, 0.05) is 41.7 Å². The van der Waals surface area contributed by atoms with Crippen LogP contribution in [0.5, 0.6) is 0 Å². The van der Waals surface area contributed by atoms with E-state index in [0.717, 1.165) is 45.8 Å². The lowest BCUT2D eigenvalue weighted by Crippen LogP contribution is -2.56. The first-order chi connectivity index (χ1) is 20.5. The summed E-state index contributed by atoms with van der Waals surface area (Å²) in [7, 11) is 0. The average molecular weight is 594 g/mol. The number of aromatic amines is 1. The van der Waals surface area contributed by atoms with Gasteiger partial charge < -0.3 is 37.5 Å². The maximum atomic E-state index is 13.7. The number of nitrogens with two attached hydrogens (primary N) is 2. The van der Waals surface area contributed by atoms with Crippen molar-refractivity contribution in [2.24, 2.45) is 16.5 Å². The van der Waals surface area contributed by atoms with Crippen molar-refractivity contribution in [1.29, 1.82) is 0 Å². The zero-order valence-corrected chi connectivity index (χ0v) is 25.0. The second-order valence-corrected chi connectivity index (χ2v) is 10.8. The highest BCUT2D eigenvalue weighted by atomic mass is 16.4. The molecule has 3 atom stereocenters. The van der Waals surface area contributed by atoms with Crippen LogP contribution in [0, 0.1) is 0 Å². The summed E-state index contributed by atoms with van der Waals surface area (Å²) in [6.07, 6.45) is 3.23. The summed E-state index contributed by atoms with van der Waals surface area (Å²) in [6.45, 7) is 5.46. The van der Waals surface area contributed by atoms with Crippen LogP contribution >= 0.6 is 0 Å². The number of nitrogens with zero attached hydrogens (tertiary/aromatic N) is 1. The summed E-state index contributed by atoms with van der Waals surface area (Å²) in [6, 6.07) is 8.99. The fourth-order valence-corrected chi connectivity index (χ4v) is 5.22. The molecule has 3 unspecified atom stereocenters. The predicted octanol–water partition coefficient (Wildman–Crippen LogP) is 2.23. The lowest BCUT2D eigenvalue weighted by atomic mass is 9.96. The lowest BCUT2D eigenvalue weighted by Gasteiger charge is -2.24. The van der Waals surface area contributed by atoms with E-state index in [-0.39, 0.29) is 31.8 Å². The molecule has 0 aliphatic carbocycles. The fourth-order valence-electron chi connectivity index (χ4n) is 5.22. The summed E-state index contributed by atoms with van der Waals surface area (Å²) in [4.78, 5) is 58.2. The van der Waals surface area contributed by atoms with Crippen LogP contribution in [-0.2, 0) is 32.0 Å². The van der Waals surface area contributed by atoms with Crippen LogP contribution in [0.2, 0.25) is 0 Å². The molecule has 0 fully saturated rings. The summed E-state index contributed by atoms with van der Waals surface area (Å²) >= 11 is 0. The molecule has 3 aromatic rings. The number of benzene rings is 2. The van der Waals surface area contributed by atoms with Crippen LogP contribution in [0.3, 0.4) is 0 Å². The number of aryl methyl sites for hydroxylation is 1. The van der Waals surface area contributed by atoms with Gasteiger partial charge >= 0.3 is 5.97 Å².